The number of ether oxygens (including phenoxy) is 1. The van der Waals surface area contributed by atoms with Crippen LogP contribution in [0.4, 0.5) is 0 Å². The van der Waals surface area contributed by atoms with Crippen molar-refractivity contribution in [1.29, 1.82) is 0 Å². The molecule has 0 bridgehead atoms. The van der Waals surface area contributed by atoms with Crippen LogP contribution < -0.4 is 11.5 Å². The van der Waals surface area contributed by atoms with E-state index in [9.17, 15) is 9.59 Å². The zero-order valence-corrected chi connectivity index (χ0v) is 21.6. The molecule has 1 rings (SSSR count). The quantitative estimate of drug-likeness (QED) is 0.106. The lowest BCUT2D eigenvalue weighted by molar-refractivity contribution is -0.149. The van der Waals surface area contributed by atoms with E-state index in [0.29, 0.717) is 19.3 Å². The van der Waals surface area contributed by atoms with Crippen molar-refractivity contribution in [3.05, 3.63) is 35.9 Å². The first-order valence-electron chi connectivity index (χ1n) is 13.8. The van der Waals surface area contributed by atoms with Gasteiger partial charge in [0.15, 0.2) is 6.23 Å². The Morgan fingerprint density at radius 1 is 0.706 bits per heavy atom. The van der Waals surface area contributed by atoms with Gasteiger partial charge >= 0.3 is 5.97 Å². The molecule has 5 heteroatoms. The molecule has 4 N–H and O–H groups in total. The molecule has 0 spiro atoms. The van der Waals surface area contributed by atoms with Crippen molar-refractivity contribution in [2.75, 3.05) is 0 Å². The molecule has 0 radical (unpaired) electrons. The number of benzene rings is 1. The van der Waals surface area contributed by atoms with Crippen LogP contribution in [0, 0.1) is 0 Å². The highest BCUT2D eigenvalue weighted by molar-refractivity contribution is 5.83. The third kappa shape index (κ3) is 16.0. The van der Waals surface area contributed by atoms with Crippen LogP contribution in [0.3, 0.4) is 0 Å². The highest BCUT2D eigenvalue weighted by Crippen LogP contribution is 2.15. The van der Waals surface area contributed by atoms with Crippen LogP contribution in [0.25, 0.3) is 0 Å². The normalized spacial score (nSPS) is 12.9. The van der Waals surface area contributed by atoms with Crippen molar-refractivity contribution in [1.82, 2.24) is 0 Å². The van der Waals surface area contributed by atoms with Gasteiger partial charge in [0.1, 0.15) is 5.78 Å². The molecule has 0 saturated heterocycles. The zero-order chi connectivity index (χ0) is 24.9. The molecule has 0 aliphatic carbocycles. The van der Waals surface area contributed by atoms with Gasteiger partial charge in [-0.15, -0.1) is 0 Å². The van der Waals surface area contributed by atoms with E-state index in [1.54, 1.807) is 0 Å². The Bertz CT molecular complexity index is 636. The molecule has 0 heterocycles. The van der Waals surface area contributed by atoms with Crippen LogP contribution in [-0.2, 0) is 14.3 Å². The van der Waals surface area contributed by atoms with Crippen molar-refractivity contribution in [2.24, 2.45) is 11.5 Å². The summed E-state index contributed by atoms with van der Waals surface area (Å²) in [6, 6.07) is 8.96. The van der Waals surface area contributed by atoms with Gasteiger partial charge in [-0.05, 0) is 19.3 Å². The minimum Gasteiger partial charge on any atom is -0.442 e. The molecular weight excluding hydrogens is 424 g/mol. The third-order valence-corrected chi connectivity index (χ3v) is 6.47. The van der Waals surface area contributed by atoms with E-state index in [4.69, 9.17) is 16.2 Å². The highest BCUT2D eigenvalue weighted by atomic mass is 16.6. The van der Waals surface area contributed by atoms with E-state index in [1.165, 1.54) is 70.6 Å². The maximum absolute atomic E-state index is 12.2. The van der Waals surface area contributed by atoms with Gasteiger partial charge in [0.25, 0.3) is 0 Å². The second-order valence-electron chi connectivity index (χ2n) is 9.63. The number of unbranched alkanes of at least 4 members (excludes halogenated alkanes) is 13. The summed E-state index contributed by atoms with van der Waals surface area (Å²) in [7, 11) is 0. The van der Waals surface area contributed by atoms with Gasteiger partial charge in [-0.2, -0.15) is 0 Å². The standard InChI is InChI=1S/C29H50N2O3/c1-2-3-4-5-6-7-8-9-10-11-12-17-22-26(30)27(32)23-18-14-19-24-28(33)34-29(31)25-20-15-13-16-21-25/h13,15-16,20-21,26,29H,2-12,14,17-19,22-24,30-31H2,1H3. The second kappa shape index (κ2) is 20.6. The lowest BCUT2D eigenvalue weighted by Crippen LogP contribution is -2.30. The summed E-state index contributed by atoms with van der Waals surface area (Å²) in [4.78, 5) is 24.2. The molecule has 194 valence electrons. The van der Waals surface area contributed by atoms with Crippen LogP contribution in [0.15, 0.2) is 30.3 Å². The molecule has 0 saturated carbocycles. The van der Waals surface area contributed by atoms with E-state index in [-0.39, 0.29) is 17.8 Å². The van der Waals surface area contributed by atoms with Gasteiger partial charge in [-0.25, -0.2) is 0 Å². The molecule has 1 aromatic carbocycles. The Hall–Kier alpha value is -1.72. The fourth-order valence-electron chi connectivity index (χ4n) is 4.21. The van der Waals surface area contributed by atoms with Crippen LogP contribution in [0.2, 0.25) is 0 Å². The van der Waals surface area contributed by atoms with Crippen molar-refractivity contribution in [3.8, 4) is 0 Å². The number of carbonyl (C=O) groups is 2. The summed E-state index contributed by atoms with van der Waals surface area (Å²) in [5.74, 6) is -0.150. The molecule has 2 atom stereocenters. The number of rotatable bonds is 22. The molecule has 5 nitrogen and oxygen atoms in total. The summed E-state index contributed by atoms with van der Waals surface area (Å²) < 4.78 is 5.26. The van der Waals surface area contributed by atoms with Crippen molar-refractivity contribution in [3.63, 3.8) is 0 Å². The number of ketones is 1. The van der Waals surface area contributed by atoms with Gasteiger partial charge in [-0.1, -0.05) is 121 Å². The van der Waals surface area contributed by atoms with Crippen LogP contribution in [0.1, 0.15) is 134 Å². The zero-order valence-electron chi connectivity index (χ0n) is 21.6. The smallest absolute Gasteiger partial charge is 0.307 e. The number of hydrogen-bond acceptors (Lipinski definition) is 5. The Kier molecular flexibility index (Phi) is 18.4. The Morgan fingerprint density at radius 2 is 1.21 bits per heavy atom. The van der Waals surface area contributed by atoms with Gasteiger partial charge < -0.3 is 10.5 Å². The van der Waals surface area contributed by atoms with Crippen molar-refractivity contribution < 1.29 is 14.3 Å². The van der Waals surface area contributed by atoms with E-state index in [0.717, 1.165) is 31.2 Å². The maximum atomic E-state index is 12.2. The number of nitrogens with two attached hydrogens (primary N) is 2. The predicted octanol–water partition coefficient (Wildman–Crippen LogP) is 7.13. The number of hydrogen-bond donors (Lipinski definition) is 2. The van der Waals surface area contributed by atoms with E-state index < -0.39 is 6.23 Å². The first-order valence-corrected chi connectivity index (χ1v) is 13.8. The molecule has 0 aromatic heterocycles. The van der Waals surface area contributed by atoms with Crippen LogP contribution in [-0.4, -0.2) is 17.8 Å². The molecule has 34 heavy (non-hydrogen) atoms. The minimum absolute atomic E-state index is 0.150. The molecular formula is C29H50N2O3. The summed E-state index contributed by atoms with van der Waals surface area (Å²) in [6.07, 6.45) is 18.9. The lowest BCUT2D eigenvalue weighted by atomic mass is 9.99. The first kappa shape index (κ1) is 30.3. The third-order valence-electron chi connectivity index (χ3n) is 6.47. The predicted molar refractivity (Wildman–Crippen MR) is 141 cm³/mol. The number of Topliss-reactive ketones (excluding diaryl/α,β-unsaturated/α-hetero) is 1. The van der Waals surface area contributed by atoms with E-state index in [2.05, 4.69) is 6.92 Å². The number of esters is 1. The number of carbonyl (C=O) groups excluding carboxylic acids is 2. The van der Waals surface area contributed by atoms with Gasteiger partial charge in [-0.3, -0.25) is 15.3 Å². The van der Waals surface area contributed by atoms with Crippen LogP contribution >= 0.6 is 0 Å². The summed E-state index contributed by atoms with van der Waals surface area (Å²) >= 11 is 0. The lowest BCUT2D eigenvalue weighted by Gasteiger charge is -2.13. The average molecular weight is 475 g/mol. The molecule has 0 aliphatic rings. The fraction of sp³-hybridized carbons (Fsp3) is 0.724. The molecule has 2 unspecified atom stereocenters. The van der Waals surface area contributed by atoms with Gasteiger partial charge in [0.05, 0.1) is 6.04 Å². The van der Waals surface area contributed by atoms with Gasteiger partial charge in [0, 0.05) is 18.4 Å². The Balaban J connectivity index is 1.93. The molecule has 0 fully saturated rings. The fourth-order valence-corrected chi connectivity index (χ4v) is 4.21. The highest BCUT2D eigenvalue weighted by Gasteiger charge is 2.14. The largest absolute Gasteiger partial charge is 0.442 e. The van der Waals surface area contributed by atoms with Crippen molar-refractivity contribution in [2.45, 2.75) is 135 Å². The molecule has 0 amide bonds. The maximum Gasteiger partial charge on any atom is 0.307 e. The Labute approximate surface area is 208 Å². The van der Waals surface area contributed by atoms with E-state index in [1.807, 2.05) is 30.3 Å². The van der Waals surface area contributed by atoms with Crippen molar-refractivity contribution >= 4 is 11.8 Å². The SMILES string of the molecule is CCCCCCCCCCCCCCC(N)C(=O)CCCCCC(=O)OC(N)c1ccccc1. The summed E-state index contributed by atoms with van der Waals surface area (Å²) in [5.41, 5.74) is 12.8. The second-order valence-corrected chi connectivity index (χ2v) is 9.63. The summed E-state index contributed by atoms with van der Waals surface area (Å²) in [6.45, 7) is 2.26. The summed E-state index contributed by atoms with van der Waals surface area (Å²) in [5, 5.41) is 0. The molecule has 1 aromatic rings. The van der Waals surface area contributed by atoms with Crippen LogP contribution in [0.5, 0.6) is 0 Å². The average Bonchev–Trinajstić information content (AvgIpc) is 2.84. The monoisotopic (exact) mass is 474 g/mol. The molecule has 0 aliphatic heterocycles. The first-order chi connectivity index (χ1) is 16.5. The van der Waals surface area contributed by atoms with Gasteiger partial charge in [0.2, 0.25) is 0 Å². The Morgan fingerprint density at radius 3 is 1.79 bits per heavy atom. The van der Waals surface area contributed by atoms with E-state index >= 15 is 0 Å². The topological polar surface area (TPSA) is 95.4 Å². The minimum atomic E-state index is -0.728.